The molecule has 1 fully saturated rings. The van der Waals surface area contributed by atoms with E-state index in [4.69, 9.17) is 9.47 Å². The number of nitrogens with zero attached hydrogens (tertiary/aromatic N) is 3. The number of fused-ring (bicyclic) bond motifs is 1. The van der Waals surface area contributed by atoms with E-state index in [2.05, 4.69) is 52.9 Å². The van der Waals surface area contributed by atoms with E-state index >= 15 is 0 Å². The van der Waals surface area contributed by atoms with Crippen molar-refractivity contribution in [3.05, 3.63) is 35.9 Å². The van der Waals surface area contributed by atoms with Gasteiger partial charge in [-0.3, -0.25) is 14.5 Å². The van der Waals surface area contributed by atoms with Gasteiger partial charge in [0.25, 0.3) is 0 Å². The molecular weight excluding hydrogens is 494 g/mol. The lowest BCUT2D eigenvalue weighted by molar-refractivity contribution is -0.870. The first kappa shape index (κ1) is 31.0. The molecule has 1 aromatic rings. The Kier molecular flexibility index (Phi) is 10.5. The number of aliphatic carboxylic acids is 1. The van der Waals surface area contributed by atoms with E-state index in [1.54, 1.807) is 0 Å². The Balaban J connectivity index is 1.88. The van der Waals surface area contributed by atoms with Gasteiger partial charge in [0, 0.05) is 38.0 Å². The minimum Gasteiger partial charge on any atom is -0.481 e. The van der Waals surface area contributed by atoms with Crippen molar-refractivity contribution in [3.63, 3.8) is 0 Å². The lowest BCUT2D eigenvalue weighted by atomic mass is 9.77. The van der Waals surface area contributed by atoms with E-state index in [0.717, 1.165) is 48.9 Å². The van der Waals surface area contributed by atoms with E-state index < -0.39 is 11.9 Å². The summed E-state index contributed by atoms with van der Waals surface area (Å²) in [6, 6.07) is 5.46. The molecule has 2 aliphatic heterocycles. The van der Waals surface area contributed by atoms with Crippen LogP contribution in [0.3, 0.4) is 0 Å². The first-order chi connectivity index (χ1) is 18.3. The molecule has 3 rings (SSSR count). The molecule has 3 atom stereocenters. The Morgan fingerprint density at radius 3 is 2.49 bits per heavy atom. The monoisotopic (exact) mass is 544 g/mol. The van der Waals surface area contributed by atoms with Crippen LogP contribution in [-0.2, 0) is 9.59 Å². The maximum atomic E-state index is 13.8. The van der Waals surface area contributed by atoms with Crippen LogP contribution in [0.25, 0.3) is 0 Å². The number of ether oxygens (including phenoxy) is 2. The normalized spacial score (nSPS) is 21.6. The Bertz CT molecular complexity index is 1020. The number of carbonyl (C=O) groups is 2. The summed E-state index contributed by atoms with van der Waals surface area (Å²) in [5, 5.41) is 10.5. The van der Waals surface area contributed by atoms with Gasteiger partial charge in [0.1, 0.15) is 0 Å². The number of carboxylic acid groups (broad SMARTS) is 1. The maximum absolute atomic E-state index is 13.8. The highest BCUT2D eigenvalue weighted by molar-refractivity contribution is 5.79. The molecule has 2 heterocycles. The van der Waals surface area contributed by atoms with Crippen LogP contribution < -0.4 is 9.47 Å². The van der Waals surface area contributed by atoms with Crippen molar-refractivity contribution in [2.75, 3.05) is 60.7 Å². The Labute approximate surface area is 235 Å². The van der Waals surface area contributed by atoms with Crippen LogP contribution in [0.1, 0.15) is 64.9 Å². The van der Waals surface area contributed by atoms with E-state index in [0.29, 0.717) is 24.5 Å². The number of amides is 1. The number of hydrogen-bond acceptors (Lipinski definition) is 5. The number of allylic oxidation sites excluding steroid dienone is 2. The smallest absolute Gasteiger partial charge is 0.308 e. The van der Waals surface area contributed by atoms with Gasteiger partial charge in [-0.15, -0.1) is 0 Å². The molecule has 2 aliphatic rings. The summed E-state index contributed by atoms with van der Waals surface area (Å²) in [6.07, 6.45) is 7.74. The van der Waals surface area contributed by atoms with Crippen molar-refractivity contribution in [3.8, 4) is 11.5 Å². The molecule has 1 aromatic carbocycles. The molecule has 0 spiro atoms. The summed E-state index contributed by atoms with van der Waals surface area (Å²) in [5.74, 6) is -0.279. The minimum absolute atomic E-state index is 0.0918. The van der Waals surface area contributed by atoms with E-state index in [-0.39, 0.29) is 36.6 Å². The van der Waals surface area contributed by atoms with Crippen molar-refractivity contribution >= 4 is 11.9 Å². The van der Waals surface area contributed by atoms with Crippen LogP contribution in [-0.4, -0.2) is 98.0 Å². The van der Waals surface area contributed by atoms with E-state index in [1.807, 2.05) is 36.1 Å². The van der Waals surface area contributed by atoms with Crippen molar-refractivity contribution in [1.82, 2.24) is 9.80 Å². The molecule has 1 N–H and O–H groups in total. The van der Waals surface area contributed by atoms with E-state index in [9.17, 15) is 14.7 Å². The van der Waals surface area contributed by atoms with E-state index in [1.165, 1.54) is 0 Å². The molecule has 218 valence electrons. The molecule has 8 nitrogen and oxygen atoms in total. The molecule has 1 unspecified atom stereocenters. The SMILES string of the molecule is CC=CC(C)(C)C[C@H]1C(C(=O)O)[C@@H](c2ccc3c(c2)OCO3)CN1CC(=O)N(CCCC)CCC[N+](C)(C)C. The fourth-order valence-corrected chi connectivity index (χ4v) is 6.01. The zero-order valence-electron chi connectivity index (χ0n) is 25.1. The summed E-state index contributed by atoms with van der Waals surface area (Å²) in [4.78, 5) is 30.7. The first-order valence-corrected chi connectivity index (χ1v) is 14.4. The van der Waals surface area contributed by atoms with Crippen molar-refractivity contribution < 1.29 is 28.7 Å². The van der Waals surface area contributed by atoms with Crippen molar-refractivity contribution in [2.24, 2.45) is 11.3 Å². The van der Waals surface area contributed by atoms with Crippen LogP contribution in [0.4, 0.5) is 0 Å². The van der Waals surface area contributed by atoms with Crippen LogP contribution in [0.15, 0.2) is 30.4 Å². The van der Waals surface area contributed by atoms with Crippen LogP contribution >= 0.6 is 0 Å². The maximum Gasteiger partial charge on any atom is 0.308 e. The topological polar surface area (TPSA) is 79.3 Å². The third-order valence-electron chi connectivity index (χ3n) is 7.94. The number of quaternary nitrogens is 1. The lowest BCUT2D eigenvalue weighted by Gasteiger charge is -2.34. The zero-order chi connectivity index (χ0) is 28.8. The molecule has 0 aromatic heterocycles. The van der Waals surface area contributed by atoms with Crippen LogP contribution in [0.2, 0.25) is 0 Å². The highest BCUT2D eigenvalue weighted by Crippen LogP contribution is 2.45. The average molecular weight is 545 g/mol. The molecule has 0 radical (unpaired) electrons. The second kappa shape index (κ2) is 13.2. The fraction of sp³-hybridized carbons (Fsp3) is 0.677. The van der Waals surface area contributed by atoms with Crippen LogP contribution in [0.5, 0.6) is 11.5 Å². The van der Waals surface area contributed by atoms with Gasteiger partial charge in [0.05, 0.1) is 40.2 Å². The second-order valence-corrected chi connectivity index (χ2v) is 12.9. The summed E-state index contributed by atoms with van der Waals surface area (Å²) in [6.45, 7) is 11.8. The van der Waals surface area contributed by atoms with Crippen molar-refractivity contribution in [2.45, 2.75) is 65.3 Å². The molecule has 1 amide bonds. The van der Waals surface area contributed by atoms with Crippen molar-refractivity contribution in [1.29, 1.82) is 0 Å². The first-order valence-electron chi connectivity index (χ1n) is 14.4. The molecule has 1 saturated heterocycles. The summed E-state index contributed by atoms with van der Waals surface area (Å²) in [7, 11) is 6.51. The predicted molar refractivity (Wildman–Crippen MR) is 154 cm³/mol. The van der Waals surface area contributed by atoms with Gasteiger partial charge in [-0.2, -0.15) is 0 Å². The Morgan fingerprint density at radius 2 is 1.85 bits per heavy atom. The largest absolute Gasteiger partial charge is 0.481 e. The molecule has 0 bridgehead atoms. The van der Waals surface area contributed by atoms with Gasteiger partial charge >= 0.3 is 5.97 Å². The minimum atomic E-state index is -0.820. The molecule has 0 aliphatic carbocycles. The Morgan fingerprint density at radius 1 is 1.15 bits per heavy atom. The number of unbranched alkanes of at least 4 members (excludes halogenated alkanes) is 1. The molecule has 39 heavy (non-hydrogen) atoms. The highest BCUT2D eigenvalue weighted by Gasteiger charge is 2.48. The summed E-state index contributed by atoms with van der Waals surface area (Å²) < 4.78 is 11.9. The highest BCUT2D eigenvalue weighted by atomic mass is 16.7. The number of likely N-dealkylation sites (tertiary alicyclic amines) is 1. The van der Waals surface area contributed by atoms with Gasteiger partial charge in [-0.1, -0.05) is 45.4 Å². The van der Waals surface area contributed by atoms with Gasteiger partial charge in [-0.05, 0) is 42.9 Å². The number of rotatable bonds is 14. The lowest BCUT2D eigenvalue weighted by Crippen LogP contribution is -2.46. The quantitative estimate of drug-likeness (QED) is 0.272. The predicted octanol–water partition coefficient (Wildman–Crippen LogP) is 4.60. The number of carboxylic acids is 1. The third-order valence-corrected chi connectivity index (χ3v) is 7.94. The molecule has 8 heteroatoms. The number of benzene rings is 1. The molecular formula is C31H50N3O5+. The fourth-order valence-electron chi connectivity index (χ4n) is 6.01. The number of hydrogen-bond donors (Lipinski definition) is 1. The van der Waals surface area contributed by atoms with Gasteiger partial charge in [-0.25, -0.2) is 0 Å². The van der Waals surface area contributed by atoms with Crippen LogP contribution in [0, 0.1) is 11.3 Å². The second-order valence-electron chi connectivity index (χ2n) is 12.9. The van der Waals surface area contributed by atoms with Gasteiger partial charge in [0.15, 0.2) is 11.5 Å². The standard InChI is InChI=1S/C31H49N3O5/c1-8-10-15-32(16-11-17-34(5,6)7)28(35)21-33-20-24(23-12-13-26-27(18-23)39-22-38-26)29(30(36)37)25(33)19-31(3,4)14-9-2/h9,12-14,18,24-25,29H,8,10-11,15-17,19-22H2,1-7H3/p+1/t24-,25+,29?/m1/s1. The third kappa shape index (κ3) is 8.45. The molecule has 0 saturated carbocycles. The zero-order valence-corrected chi connectivity index (χ0v) is 25.1. The summed E-state index contributed by atoms with van der Waals surface area (Å²) in [5.41, 5.74) is 0.714. The van der Waals surface area contributed by atoms with Gasteiger partial charge < -0.3 is 24.0 Å². The number of carbonyl (C=O) groups excluding carboxylic acids is 1. The Hall–Kier alpha value is -2.58. The van der Waals surface area contributed by atoms with Gasteiger partial charge in [0.2, 0.25) is 12.7 Å². The summed E-state index contributed by atoms with van der Waals surface area (Å²) >= 11 is 0. The average Bonchev–Trinajstić information content (AvgIpc) is 3.44.